The van der Waals surface area contributed by atoms with Gasteiger partial charge in [0.2, 0.25) is 15.9 Å². The van der Waals surface area contributed by atoms with Crippen molar-refractivity contribution in [2.75, 3.05) is 5.32 Å². The molecular weight excluding hydrogens is 428 g/mol. The van der Waals surface area contributed by atoms with Gasteiger partial charge in [0.25, 0.3) is 0 Å². The van der Waals surface area contributed by atoms with Crippen LogP contribution in [-0.4, -0.2) is 19.4 Å². The third-order valence-electron chi connectivity index (χ3n) is 4.16. The second kappa shape index (κ2) is 9.19. The van der Waals surface area contributed by atoms with Crippen LogP contribution in [0.5, 0.6) is 0 Å². The maximum absolute atomic E-state index is 12.5. The van der Waals surface area contributed by atoms with Gasteiger partial charge < -0.3 is 10.4 Å². The van der Waals surface area contributed by atoms with Crippen LogP contribution in [0.25, 0.3) is 0 Å². The summed E-state index contributed by atoms with van der Waals surface area (Å²) < 4.78 is 27.6. The number of hydrogen-bond donors (Lipinski definition) is 3. The van der Waals surface area contributed by atoms with E-state index >= 15 is 0 Å². The summed E-state index contributed by atoms with van der Waals surface area (Å²) in [5.74, 6) is -0.286. The Kier molecular flexibility index (Phi) is 6.86. The first-order chi connectivity index (χ1) is 13.8. The molecule has 29 heavy (non-hydrogen) atoms. The molecule has 3 aromatic rings. The van der Waals surface area contributed by atoms with Gasteiger partial charge in [-0.1, -0.05) is 19.9 Å². The maximum atomic E-state index is 12.5. The summed E-state index contributed by atoms with van der Waals surface area (Å²) in [5.41, 5.74) is 0.549. The van der Waals surface area contributed by atoms with Crippen molar-refractivity contribution in [1.82, 2.24) is 4.72 Å². The number of benzene rings is 1. The quantitative estimate of drug-likeness (QED) is 0.484. The Labute approximate surface area is 178 Å². The molecule has 0 aliphatic carbocycles. The molecule has 0 saturated heterocycles. The number of carbonyl (C=O) groups is 1. The molecule has 3 N–H and O–H groups in total. The summed E-state index contributed by atoms with van der Waals surface area (Å²) in [5, 5.41) is 15.0. The van der Waals surface area contributed by atoms with Crippen molar-refractivity contribution in [3.05, 3.63) is 68.5 Å². The summed E-state index contributed by atoms with van der Waals surface area (Å²) in [6, 6.07) is 13.4. The van der Waals surface area contributed by atoms with E-state index in [9.17, 15) is 18.3 Å². The summed E-state index contributed by atoms with van der Waals surface area (Å²) in [7, 11) is -3.69. The Morgan fingerprint density at radius 2 is 1.79 bits per heavy atom. The topological polar surface area (TPSA) is 95.5 Å². The number of sulfonamides is 1. The number of aliphatic hydroxyl groups excluding tert-OH is 1. The Morgan fingerprint density at radius 1 is 1.07 bits per heavy atom. The van der Waals surface area contributed by atoms with Crippen LogP contribution >= 0.6 is 22.7 Å². The fraction of sp³-hybridized carbons (Fsp3) is 0.250. The number of anilines is 1. The lowest BCUT2D eigenvalue weighted by Gasteiger charge is -2.09. The van der Waals surface area contributed by atoms with Crippen LogP contribution in [0.2, 0.25) is 0 Å². The van der Waals surface area contributed by atoms with Gasteiger partial charge in [-0.05, 0) is 47.8 Å². The van der Waals surface area contributed by atoms with Crippen LogP contribution in [0.1, 0.15) is 34.6 Å². The number of rotatable bonds is 8. The highest BCUT2D eigenvalue weighted by Gasteiger charge is 2.17. The zero-order chi connectivity index (χ0) is 21.0. The van der Waals surface area contributed by atoms with Crippen LogP contribution in [0.3, 0.4) is 0 Å². The van der Waals surface area contributed by atoms with E-state index in [0.717, 1.165) is 14.6 Å². The van der Waals surface area contributed by atoms with Crippen molar-refractivity contribution in [2.24, 2.45) is 5.92 Å². The number of thiophene rings is 2. The van der Waals surface area contributed by atoms with E-state index in [2.05, 4.69) is 10.0 Å². The normalized spacial score (nSPS) is 12.8. The van der Waals surface area contributed by atoms with Gasteiger partial charge in [-0.25, -0.2) is 13.1 Å². The molecule has 0 aliphatic heterocycles. The predicted octanol–water partition coefficient (Wildman–Crippen LogP) is 3.96. The molecule has 6 nitrogen and oxygen atoms in total. The highest BCUT2D eigenvalue weighted by atomic mass is 32.2. The van der Waals surface area contributed by atoms with Crippen LogP contribution in [-0.2, 0) is 21.4 Å². The molecule has 0 bridgehead atoms. The smallest absolute Gasteiger partial charge is 0.240 e. The molecule has 154 valence electrons. The fourth-order valence-electron chi connectivity index (χ4n) is 2.48. The Balaban J connectivity index is 1.62. The monoisotopic (exact) mass is 450 g/mol. The molecule has 2 heterocycles. The Bertz CT molecular complexity index is 1060. The number of carbonyl (C=O) groups excluding carboxylic acids is 1. The SMILES string of the molecule is CC(C)C(=O)Nc1ccc(S(=O)(=O)NCc2ccc(C(O)c3cccs3)s2)cc1. The van der Waals surface area contributed by atoms with Gasteiger partial charge in [0.1, 0.15) is 6.10 Å². The van der Waals surface area contributed by atoms with Crippen LogP contribution in [0.4, 0.5) is 5.69 Å². The molecule has 0 radical (unpaired) electrons. The third-order valence-corrected chi connectivity index (χ3v) is 7.64. The second-order valence-corrected chi connectivity index (χ2v) is 10.7. The average molecular weight is 451 g/mol. The van der Waals surface area contributed by atoms with Gasteiger partial charge in [0.15, 0.2) is 0 Å². The minimum absolute atomic E-state index is 0.121. The zero-order valence-corrected chi connectivity index (χ0v) is 18.4. The molecule has 1 atom stereocenters. The molecule has 1 aromatic carbocycles. The average Bonchev–Trinajstić information content (AvgIpc) is 3.38. The van der Waals surface area contributed by atoms with E-state index in [1.54, 1.807) is 26.0 Å². The molecule has 3 rings (SSSR count). The minimum atomic E-state index is -3.69. The van der Waals surface area contributed by atoms with Gasteiger partial charge in [0, 0.05) is 32.8 Å². The molecule has 2 aromatic heterocycles. The summed E-state index contributed by atoms with van der Waals surface area (Å²) in [6.45, 7) is 3.71. The highest BCUT2D eigenvalue weighted by Crippen LogP contribution is 2.31. The lowest BCUT2D eigenvalue weighted by molar-refractivity contribution is -0.118. The molecule has 1 unspecified atom stereocenters. The van der Waals surface area contributed by atoms with E-state index < -0.39 is 16.1 Å². The molecule has 0 aliphatic rings. The highest BCUT2D eigenvalue weighted by molar-refractivity contribution is 7.89. The largest absolute Gasteiger partial charge is 0.382 e. The van der Waals surface area contributed by atoms with E-state index in [0.29, 0.717) is 5.69 Å². The van der Waals surface area contributed by atoms with E-state index in [4.69, 9.17) is 0 Å². The molecule has 9 heteroatoms. The number of aliphatic hydroxyl groups is 1. The summed E-state index contributed by atoms with van der Waals surface area (Å²) >= 11 is 2.84. The standard InChI is InChI=1S/C20H22N2O4S3/c1-13(2)20(24)22-14-5-8-16(9-6-14)29(25,26)21-12-15-7-10-18(28-15)19(23)17-4-3-11-27-17/h3-11,13,19,21,23H,12H2,1-2H3,(H,22,24). The van der Waals surface area contributed by atoms with E-state index in [1.807, 2.05) is 29.6 Å². The third kappa shape index (κ3) is 5.52. The Morgan fingerprint density at radius 3 is 2.41 bits per heavy atom. The minimum Gasteiger partial charge on any atom is -0.382 e. The lowest BCUT2D eigenvalue weighted by atomic mass is 10.2. The van der Waals surface area contributed by atoms with Crippen molar-refractivity contribution in [1.29, 1.82) is 0 Å². The fourth-order valence-corrected chi connectivity index (χ4v) is 5.33. The van der Waals surface area contributed by atoms with Gasteiger partial charge in [-0.15, -0.1) is 22.7 Å². The lowest BCUT2D eigenvalue weighted by Crippen LogP contribution is -2.23. The predicted molar refractivity (Wildman–Crippen MR) is 117 cm³/mol. The molecule has 0 saturated carbocycles. The number of nitrogens with one attached hydrogen (secondary N) is 2. The number of amides is 1. The first-order valence-corrected chi connectivity index (χ1v) is 12.1. The van der Waals surface area contributed by atoms with Crippen LogP contribution in [0.15, 0.2) is 58.8 Å². The van der Waals surface area contributed by atoms with Gasteiger partial charge >= 0.3 is 0 Å². The molecule has 1 amide bonds. The first-order valence-electron chi connectivity index (χ1n) is 8.97. The van der Waals surface area contributed by atoms with Gasteiger partial charge in [-0.2, -0.15) is 0 Å². The molecule has 0 fully saturated rings. The Hall–Kier alpha value is -2.04. The molecular formula is C20H22N2O4S3. The second-order valence-electron chi connectivity index (χ2n) is 6.71. The van der Waals surface area contributed by atoms with E-state index in [-0.39, 0.29) is 23.3 Å². The van der Waals surface area contributed by atoms with Gasteiger partial charge in [0.05, 0.1) is 4.90 Å². The first kappa shape index (κ1) is 21.7. The summed E-state index contributed by atoms with van der Waals surface area (Å²) in [6.07, 6.45) is -0.695. The zero-order valence-electron chi connectivity index (χ0n) is 16.0. The van der Waals surface area contributed by atoms with Crippen molar-refractivity contribution in [3.8, 4) is 0 Å². The van der Waals surface area contributed by atoms with Crippen LogP contribution in [0, 0.1) is 5.92 Å². The van der Waals surface area contributed by atoms with Gasteiger partial charge in [-0.3, -0.25) is 4.79 Å². The van der Waals surface area contributed by atoms with Crippen LogP contribution < -0.4 is 10.0 Å². The van der Waals surface area contributed by atoms with Crippen molar-refractivity contribution in [3.63, 3.8) is 0 Å². The number of hydrogen-bond acceptors (Lipinski definition) is 6. The van der Waals surface area contributed by atoms with Crippen molar-refractivity contribution < 1.29 is 18.3 Å². The summed E-state index contributed by atoms with van der Waals surface area (Å²) in [4.78, 5) is 14.3. The molecule has 0 spiro atoms. The van der Waals surface area contributed by atoms with Crippen molar-refractivity contribution >= 4 is 44.3 Å². The van der Waals surface area contributed by atoms with E-state index in [1.165, 1.54) is 34.8 Å². The van der Waals surface area contributed by atoms with Crippen molar-refractivity contribution in [2.45, 2.75) is 31.4 Å². The maximum Gasteiger partial charge on any atom is 0.240 e.